The number of thioether (sulfide) groups is 1. The van der Waals surface area contributed by atoms with Crippen molar-refractivity contribution in [1.82, 2.24) is 14.8 Å². The number of rotatable bonds is 6. The molecule has 0 aliphatic rings. The number of nitrogens with zero attached hydrogens (tertiary/aromatic N) is 3. The quantitative estimate of drug-likeness (QED) is 0.803. The molecule has 1 aromatic rings. The molecular formula is C9H15F3N4S. The van der Waals surface area contributed by atoms with Gasteiger partial charge in [0.2, 0.25) is 0 Å². The molecule has 0 radical (unpaired) electrons. The van der Waals surface area contributed by atoms with Crippen LogP contribution < -0.4 is 5.73 Å². The van der Waals surface area contributed by atoms with Crippen LogP contribution in [0.15, 0.2) is 5.16 Å². The first-order valence-electron chi connectivity index (χ1n) is 5.29. The Labute approximate surface area is 102 Å². The lowest BCUT2D eigenvalue weighted by Gasteiger charge is -2.08. The number of nitrogens with two attached hydrogens (primary N) is 1. The van der Waals surface area contributed by atoms with Gasteiger partial charge in [0.05, 0.1) is 13.0 Å². The molecule has 0 atom stereocenters. The van der Waals surface area contributed by atoms with Gasteiger partial charge in [-0.05, 0) is 6.42 Å². The standard InChI is InChI=1S/C9H15F3N4S/c1-2-4-16-7(6-13)14-15-8(16)17-5-3-9(10,11)12/h2-6,13H2,1H3. The van der Waals surface area contributed by atoms with Crippen LogP contribution in [-0.2, 0) is 13.1 Å². The van der Waals surface area contributed by atoms with Gasteiger partial charge >= 0.3 is 6.18 Å². The van der Waals surface area contributed by atoms with E-state index in [0.29, 0.717) is 17.5 Å². The highest BCUT2D eigenvalue weighted by Gasteiger charge is 2.26. The molecule has 1 heterocycles. The molecule has 98 valence electrons. The summed E-state index contributed by atoms with van der Waals surface area (Å²) in [7, 11) is 0. The molecule has 17 heavy (non-hydrogen) atoms. The van der Waals surface area contributed by atoms with Gasteiger partial charge in [0.25, 0.3) is 0 Å². The van der Waals surface area contributed by atoms with Crippen LogP contribution in [0, 0.1) is 0 Å². The van der Waals surface area contributed by atoms with E-state index in [1.807, 2.05) is 6.92 Å². The number of hydrogen-bond donors (Lipinski definition) is 1. The zero-order chi connectivity index (χ0) is 12.9. The van der Waals surface area contributed by atoms with Crippen molar-refractivity contribution in [3.8, 4) is 0 Å². The zero-order valence-electron chi connectivity index (χ0n) is 9.50. The summed E-state index contributed by atoms with van der Waals surface area (Å²) in [5.74, 6) is 0.567. The summed E-state index contributed by atoms with van der Waals surface area (Å²) in [6, 6.07) is 0. The molecule has 0 fully saturated rings. The zero-order valence-corrected chi connectivity index (χ0v) is 10.3. The van der Waals surface area contributed by atoms with Crippen LogP contribution in [0.2, 0.25) is 0 Å². The number of aromatic nitrogens is 3. The molecule has 2 N–H and O–H groups in total. The summed E-state index contributed by atoms with van der Waals surface area (Å²) in [6.45, 7) is 2.89. The number of hydrogen-bond acceptors (Lipinski definition) is 4. The summed E-state index contributed by atoms with van der Waals surface area (Å²) in [5.41, 5.74) is 5.48. The Balaban J connectivity index is 2.61. The van der Waals surface area contributed by atoms with E-state index in [2.05, 4.69) is 10.2 Å². The van der Waals surface area contributed by atoms with Crippen LogP contribution in [0.5, 0.6) is 0 Å². The van der Waals surface area contributed by atoms with E-state index >= 15 is 0 Å². The third-order valence-corrected chi connectivity index (χ3v) is 3.01. The van der Waals surface area contributed by atoms with Gasteiger partial charge in [0.1, 0.15) is 5.82 Å². The molecule has 1 rings (SSSR count). The van der Waals surface area contributed by atoms with Crippen LogP contribution in [0.25, 0.3) is 0 Å². The van der Waals surface area contributed by atoms with Gasteiger partial charge in [-0.25, -0.2) is 0 Å². The first kappa shape index (κ1) is 14.3. The Morgan fingerprint density at radius 2 is 2.06 bits per heavy atom. The maximum absolute atomic E-state index is 12.0. The second kappa shape index (κ2) is 6.25. The Morgan fingerprint density at radius 3 is 2.59 bits per heavy atom. The average Bonchev–Trinajstić information content (AvgIpc) is 2.60. The van der Waals surface area contributed by atoms with E-state index in [0.717, 1.165) is 18.2 Å². The van der Waals surface area contributed by atoms with E-state index in [9.17, 15) is 13.2 Å². The Morgan fingerprint density at radius 1 is 1.35 bits per heavy atom. The molecule has 0 unspecified atom stereocenters. The Hall–Kier alpha value is -0.760. The van der Waals surface area contributed by atoms with E-state index in [1.54, 1.807) is 4.57 Å². The SMILES string of the molecule is CCCn1c(CN)nnc1SCCC(F)(F)F. The molecule has 0 spiro atoms. The fourth-order valence-electron chi connectivity index (χ4n) is 1.28. The highest BCUT2D eigenvalue weighted by molar-refractivity contribution is 7.99. The summed E-state index contributed by atoms with van der Waals surface area (Å²) >= 11 is 1.06. The van der Waals surface area contributed by atoms with E-state index < -0.39 is 12.6 Å². The Kier molecular flexibility index (Phi) is 5.26. The maximum Gasteiger partial charge on any atom is 0.389 e. The van der Waals surface area contributed by atoms with Gasteiger partial charge in [-0.1, -0.05) is 18.7 Å². The minimum atomic E-state index is -4.13. The monoisotopic (exact) mass is 268 g/mol. The first-order valence-corrected chi connectivity index (χ1v) is 6.28. The van der Waals surface area contributed by atoms with Crippen molar-refractivity contribution in [2.24, 2.45) is 5.73 Å². The van der Waals surface area contributed by atoms with Crippen molar-refractivity contribution in [3.05, 3.63) is 5.82 Å². The lowest BCUT2D eigenvalue weighted by Crippen LogP contribution is -2.11. The van der Waals surface area contributed by atoms with Crippen LogP contribution in [0.4, 0.5) is 13.2 Å². The molecule has 0 bridgehead atoms. The van der Waals surface area contributed by atoms with Crippen molar-refractivity contribution in [2.45, 2.75) is 44.2 Å². The molecule has 0 aromatic carbocycles. The molecule has 0 amide bonds. The van der Waals surface area contributed by atoms with Gasteiger partial charge in [0, 0.05) is 12.3 Å². The molecule has 4 nitrogen and oxygen atoms in total. The third kappa shape index (κ3) is 4.55. The van der Waals surface area contributed by atoms with E-state index in [1.165, 1.54) is 0 Å². The summed E-state index contributed by atoms with van der Waals surface area (Å²) in [6.07, 6.45) is -4.09. The topological polar surface area (TPSA) is 56.7 Å². The molecule has 8 heteroatoms. The van der Waals surface area contributed by atoms with Gasteiger partial charge in [-0.15, -0.1) is 10.2 Å². The van der Waals surface area contributed by atoms with Gasteiger partial charge in [0.15, 0.2) is 5.16 Å². The number of alkyl halides is 3. The van der Waals surface area contributed by atoms with Gasteiger partial charge in [-0.3, -0.25) is 0 Å². The van der Waals surface area contributed by atoms with Crippen molar-refractivity contribution >= 4 is 11.8 Å². The summed E-state index contributed by atoms with van der Waals surface area (Å²) in [5, 5.41) is 8.22. The lowest BCUT2D eigenvalue weighted by atomic mass is 10.4. The van der Waals surface area contributed by atoms with Crippen molar-refractivity contribution in [2.75, 3.05) is 5.75 Å². The van der Waals surface area contributed by atoms with Crippen LogP contribution in [0.3, 0.4) is 0 Å². The normalized spacial score (nSPS) is 12.1. The van der Waals surface area contributed by atoms with Crippen LogP contribution in [0.1, 0.15) is 25.6 Å². The van der Waals surface area contributed by atoms with Gasteiger partial charge in [-0.2, -0.15) is 13.2 Å². The number of halogens is 3. The molecule has 0 saturated carbocycles. The van der Waals surface area contributed by atoms with Crippen LogP contribution in [-0.4, -0.2) is 26.7 Å². The minimum Gasteiger partial charge on any atom is -0.324 e. The predicted octanol–water partition coefficient (Wildman–Crippen LogP) is 2.19. The summed E-state index contributed by atoms with van der Waals surface area (Å²) in [4.78, 5) is 0. The van der Waals surface area contributed by atoms with Crippen molar-refractivity contribution in [1.29, 1.82) is 0 Å². The molecule has 0 aliphatic heterocycles. The minimum absolute atomic E-state index is 0.0457. The molecule has 1 aromatic heterocycles. The van der Waals surface area contributed by atoms with E-state index in [-0.39, 0.29) is 12.3 Å². The molecular weight excluding hydrogens is 253 g/mol. The van der Waals surface area contributed by atoms with Crippen molar-refractivity contribution in [3.63, 3.8) is 0 Å². The fraction of sp³-hybridized carbons (Fsp3) is 0.778. The van der Waals surface area contributed by atoms with Gasteiger partial charge < -0.3 is 10.3 Å². The maximum atomic E-state index is 12.0. The highest BCUT2D eigenvalue weighted by Crippen LogP contribution is 2.25. The van der Waals surface area contributed by atoms with E-state index in [4.69, 9.17) is 5.73 Å². The second-order valence-electron chi connectivity index (χ2n) is 3.47. The Bertz CT molecular complexity index is 351. The first-order chi connectivity index (χ1) is 7.98. The smallest absolute Gasteiger partial charge is 0.324 e. The molecule has 0 aliphatic carbocycles. The lowest BCUT2D eigenvalue weighted by molar-refractivity contribution is -0.129. The molecule has 0 saturated heterocycles. The summed E-state index contributed by atoms with van der Waals surface area (Å²) < 4.78 is 37.8. The van der Waals surface area contributed by atoms with Crippen molar-refractivity contribution < 1.29 is 13.2 Å². The van der Waals surface area contributed by atoms with Crippen LogP contribution >= 0.6 is 11.8 Å². The predicted molar refractivity (Wildman–Crippen MR) is 59.6 cm³/mol. The largest absolute Gasteiger partial charge is 0.389 e. The highest BCUT2D eigenvalue weighted by atomic mass is 32.2. The third-order valence-electron chi connectivity index (χ3n) is 2.04. The average molecular weight is 268 g/mol. The second-order valence-corrected chi connectivity index (χ2v) is 4.53. The fourth-order valence-corrected chi connectivity index (χ4v) is 2.25.